The highest BCUT2D eigenvalue weighted by Crippen LogP contribution is 2.56. The molecule has 3 heteroatoms. The maximum atomic E-state index is 2.52. The molecule has 2 aliphatic rings. The average Bonchev–Trinajstić information content (AvgIpc) is 4.15. The molecule has 0 atom stereocenters. The third kappa shape index (κ3) is 6.94. The van der Waals surface area contributed by atoms with Gasteiger partial charge in [-0.2, -0.15) is 0 Å². The molecular weight excluding hydrogens is 1000 g/mol. The van der Waals surface area contributed by atoms with Crippen molar-refractivity contribution in [3.8, 4) is 66.8 Å². The molecule has 0 spiro atoms. The minimum absolute atomic E-state index is 0.360. The van der Waals surface area contributed by atoms with Crippen molar-refractivity contribution in [2.24, 2.45) is 0 Å². The van der Waals surface area contributed by atoms with Gasteiger partial charge in [-0.1, -0.05) is 236 Å². The fraction of sp³-hybridized carbons (Fsp3) is 0.0127. The predicted octanol–water partition coefficient (Wildman–Crippen LogP) is 21.0. The Morgan fingerprint density at radius 2 is 0.585 bits per heavy atom. The second kappa shape index (κ2) is 18.4. The first-order chi connectivity index (χ1) is 40.7. The van der Waals surface area contributed by atoms with E-state index >= 15 is 0 Å². The van der Waals surface area contributed by atoms with E-state index in [4.69, 9.17) is 0 Å². The minimum atomic E-state index is -0.360. The Balaban J connectivity index is 1.03. The zero-order valence-electron chi connectivity index (χ0n) is 45.2. The number of nitrogens with zero attached hydrogens (tertiary/aromatic N) is 2. The number of para-hydroxylation sites is 1. The smallest absolute Gasteiger partial charge is 0.0540 e. The maximum Gasteiger partial charge on any atom is 0.0540 e. The topological polar surface area (TPSA) is 6.48 Å². The molecule has 0 aliphatic heterocycles. The van der Waals surface area contributed by atoms with Crippen molar-refractivity contribution in [1.29, 1.82) is 0 Å². The summed E-state index contributed by atoms with van der Waals surface area (Å²) in [5.74, 6) is 0. The molecule has 0 fully saturated rings. The largest absolute Gasteiger partial charge is 0.310 e. The van der Waals surface area contributed by atoms with Crippen molar-refractivity contribution >= 4 is 113 Å². The van der Waals surface area contributed by atoms with Crippen molar-refractivity contribution in [3.63, 3.8) is 0 Å². The zero-order chi connectivity index (χ0) is 54.0. The van der Waals surface area contributed by atoms with E-state index in [1.54, 1.807) is 0 Å². The van der Waals surface area contributed by atoms with Gasteiger partial charge >= 0.3 is 0 Å². The highest BCUT2D eigenvalue weighted by molar-refractivity contribution is 6.51. The molecule has 0 amide bonds. The van der Waals surface area contributed by atoms with Crippen LogP contribution in [0.1, 0.15) is 0 Å². The van der Waals surface area contributed by atoms with E-state index in [0.29, 0.717) is 0 Å². The van der Waals surface area contributed by atoms with Gasteiger partial charge < -0.3 is 9.80 Å². The van der Waals surface area contributed by atoms with E-state index in [1.165, 1.54) is 137 Å². The fourth-order valence-electron chi connectivity index (χ4n) is 14.2. The molecule has 15 aromatic rings. The molecule has 2 nitrogen and oxygen atoms in total. The lowest BCUT2D eigenvalue weighted by Gasteiger charge is -2.29. The number of hydrogen-bond donors (Lipinski definition) is 0. The van der Waals surface area contributed by atoms with E-state index in [9.17, 15) is 0 Å². The second-order valence-corrected chi connectivity index (χ2v) is 23.6. The molecule has 17 rings (SSSR count). The highest BCUT2D eigenvalue weighted by atomic mass is 28.2. The number of anilines is 6. The summed E-state index contributed by atoms with van der Waals surface area (Å²) in [6, 6.07) is 107. The number of rotatable bonds is 9. The monoisotopic (exact) mass is 1060 g/mol. The van der Waals surface area contributed by atoms with Gasteiger partial charge in [-0.15, -0.1) is 0 Å². The Bertz CT molecular complexity index is 5090. The number of hydrogen-bond acceptors (Lipinski definition) is 2. The van der Waals surface area contributed by atoms with Crippen molar-refractivity contribution < 1.29 is 0 Å². The maximum absolute atomic E-state index is 2.52. The quantitative estimate of drug-likeness (QED) is 0.105. The molecule has 0 aromatic heterocycles. The van der Waals surface area contributed by atoms with E-state index in [2.05, 4.69) is 301 Å². The molecule has 15 aromatic carbocycles. The average molecular weight is 1060 g/mol. The standard InChI is InChI=1S/C79H52N2Si/c1-82-55-39-35-52(36-40-55)81(75-34-14-20-50-18-6-8-24-57(50)75)54-38-42-71-73(48-54)79(69-46-44-67-61-28-12-10-26-59(61)63-30-16-32-65(69)77(63)67)70-41-37-53(80(51-21-3-2-4-22-51)74-33-13-19-49-17-5-7-23-56(49)74)47-72(70)78(71)68-45-43-66-60-27-11-9-25-58(60)62-29-15-31-64(68)76(62)66/h2-48H,82H2,1H3. The van der Waals surface area contributed by atoms with Crippen LogP contribution in [0.5, 0.6) is 0 Å². The van der Waals surface area contributed by atoms with Gasteiger partial charge in [-0.05, 0) is 181 Å². The van der Waals surface area contributed by atoms with Crippen molar-refractivity contribution in [2.45, 2.75) is 6.55 Å². The summed E-state index contributed by atoms with van der Waals surface area (Å²) < 4.78 is 0. The van der Waals surface area contributed by atoms with Crippen LogP contribution in [-0.2, 0) is 0 Å². The molecule has 82 heavy (non-hydrogen) atoms. The zero-order valence-corrected chi connectivity index (χ0v) is 46.7. The van der Waals surface area contributed by atoms with Crippen LogP contribution < -0.4 is 15.0 Å². The van der Waals surface area contributed by atoms with Crippen molar-refractivity contribution in [2.75, 3.05) is 9.80 Å². The number of fused-ring (bicyclic) bond motifs is 10. The lowest BCUT2D eigenvalue weighted by Crippen LogP contribution is -2.14. The summed E-state index contributed by atoms with van der Waals surface area (Å²) in [4.78, 5) is 4.97. The molecule has 0 saturated heterocycles. The van der Waals surface area contributed by atoms with Crippen LogP contribution in [0.2, 0.25) is 6.55 Å². The third-order valence-corrected chi connectivity index (χ3v) is 19.2. The Hall–Kier alpha value is -10.3. The van der Waals surface area contributed by atoms with Gasteiger partial charge in [0.2, 0.25) is 0 Å². The van der Waals surface area contributed by atoms with Crippen LogP contribution in [0.3, 0.4) is 0 Å². The van der Waals surface area contributed by atoms with Gasteiger partial charge in [0.05, 0.1) is 20.9 Å². The van der Waals surface area contributed by atoms with Gasteiger partial charge in [0.25, 0.3) is 0 Å². The lowest BCUT2D eigenvalue weighted by molar-refractivity contribution is 1.30. The first kappa shape index (κ1) is 46.6. The summed E-state index contributed by atoms with van der Waals surface area (Å²) in [6.45, 7) is 2.37. The Kier molecular flexibility index (Phi) is 10.4. The molecule has 0 radical (unpaired) electrons. The van der Waals surface area contributed by atoms with E-state index in [0.717, 1.165) is 34.1 Å². The van der Waals surface area contributed by atoms with Crippen LogP contribution in [0.25, 0.3) is 131 Å². The first-order valence-corrected chi connectivity index (χ1v) is 30.8. The Morgan fingerprint density at radius 1 is 0.232 bits per heavy atom. The second-order valence-electron chi connectivity index (χ2n) is 22.1. The van der Waals surface area contributed by atoms with E-state index in [-0.39, 0.29) is 9.52 Å². The molecular formula is C79H52N2Si. The molecule has 0 saturated carbocycles. The van der Waals surface area contributed by atoms with Crippen molar-refractivity contribution in [3.05, 3.63) is 285 Å². The predicted molar refractivity (Wildman–Crippen MR) is 355 cm³/mol. The van der Waals surface area contributed by atoms with Crippen LogP contribution in [0.4, 0.5) is 34.1 Å². The number of benzene rings is 15. The molecule has 0 bridgehead atoms. The van der Waals surface area contributed by atoms with Crippen molar-refractivity contribution in [1.82, 2.24) is 0 Å². The van der Waals surface area contributed by atoms with Gasteiger partial charge in [0.1, 0.15) is 0 Å². The summed E-state index contributed by atoms with van der Waals surface area (Å²) >= 11 is 0. The van der Waals surface area contributed by atoms with Gasteiger partial charge in [-0.3, -0.25) is 0 Å². The van der Waals surface area contributed by atoms with Crippen LogP contribution in [-0.4, -0.2) is 9.52 Å². The van der Waals surface area contributed by atoms with Crippen LogP contribution >= 0.6 is 0 Å². The van der Waals surface area contributed by atoms with Crippen LogP contribution in [0.15, 0.2) is 285 Å². The van der Waals surface area contributed by atoms with Gasteiger partial charge in [-0.25, -0.2) is 0 Å². The summed E-state index contributed by atoms with van der Waals surface area (Å²) in [5.41, 5.74) is 22.0. The SMILES string of the molecule is C[SiH2]c1ccc(N(c2ccc3c(-c4ccc5c6c(cccc46)-c4ccccc4-5)c4cc(N(c5ccccc5)c5cccc6ccccc56)ccc4c(-c4ccc5c6c(cccc46)-c4ccccc4-5)c3c2)c2cccc3ccccc23)cc1. The molecule has 2 aliphatic carbocycles. The molecule has 382 valence electrons. The van der Waals surface area contributed by atoms with E-state index in [1.807, 2.05) is 0 Å². The third-order valence-electron chi connectivity index (χ3n) is 17.9. The summed E-state index contributed by atoms with van der Waals surface area (Å²) in [5, 5.41) is 16.2. The fourth-order valence-corrected chi connectivity index (χ4v) is 14.9. The highest BCUT2D eigenvalue weighted by Gasteiger charge is 2.29. The molecule has 0 heterocycles. The molecule has 0 unspecified atom stereocenters. The lowest BCUT2D eigenvalue weighted by atomic mass is 9.82. The van der Waals surface area contributed by atoms with Gasteiger partial charge in [0.15, 0.2) is 0 Å². The Morgan fingerprint density at radius 3 is 1.06 bits per heavy atom. The normalized spacial score (nSPS) is 12.2. The first-order valence-electron chi connectivity index (χ1n) is 28.7. The van der Waals surface area contributed by atoms with Crippen LogP contribution in [0, 0.1) is 0 Å². The minimum Gasteiger partial charge on any atom is -0.310 e. The molecule has 0 N–H and O–H groups in total. The van der Waals surface area contributed by atoms with Gasteiger partial charge in [0, 0.05) is 33.5 Å². The summed E-state index contributed by atoms with van der Waals surface area (Å²) in [6.07, 6.45) is 0. The summed E-state index contributed by atoms with van der Waals surface area (Å²) in [7, 11) is -0.360. The Labute approximate surface area is 478 Å². The van der Waals surface area contributed by atoms with E-state index < -0.39 is 0 Å².